The SMILES string of the molecule is Cn1ccnc1C(=O)N[C@@H]1CN(Cc2ccccc2)C[C@H]1CO. The molecule has 2 heterocycles. The van der Waals surface area contributed by atoms with Crippen LogP contribution in [0.3, 0.4) is 0 Å². The van der Waals surface area contributed by atoms with Gasteiger partial charge >= 0.3 is 0 Å². The van der Waals surface area contributed by atoms with E-state index in [0.29, 0.717) is 5.82 Å². The molecular weight excluding hydrogens is 292 g/mol. The Bertz CT molecular complexity index is 656. The molecule has 1 aliphatic heterocycles. The molecule has 0 unspecified atom stereocenters. The topological polar surface area (TPSA) is 70.4 Å². The van der Waals surface area contributed by atoms with Gasteiger partial charge in [-0.05, 0) is 5.56 Å². The molecule has 6 nitrogen and oxygen atoms in total. The highest BCUT2D eigenvalue weighted by Gasteiger charge is 2.33. The van der Waals surface area contributed by atoms with Crippen LogP contribution < -0.4 is 5.32 Å². The molecule has 0 saturated carbocycles. The van der Waals surface area contributed by atoms with E-state index in [0.717, 1.165) is 19.6 Å². The van der Waals surface area contributed by atoms with Crippen LogP contribution in [0.5, 0.6) is 0 Å². The number of amides is 1. The quantitative estimate of drug-likeness (QED) is 0.850. The van der Waals surface area contributed by atoms with Crippen molar-refractivity contribution in [3.63, 3.8) is 0 Å². The highest BCUT2D eigenvalue weighted by Crippen LogP contribution is 2.19. The molecule has 1 saturated heterocycles. The number of carbonyl (C=O) groups excluding carboxylic acids is 1. The van der Waals surface area contributed by atoms with Gasteiger partial charge in [0, 0.05) is 57.6 Å². The lowest BCUT2D eigenvalue weighted by Crippen LogP contribution is -2.42. The van der Waals surface area contributed by atoms with Gasteiger partial charge in [0.15, 0.2) is 5.82 Å². The van der Waals surface area contributed by atoms with Crippen molar-refractivity contribution in [1.29, 1.82) is 0 Å². The van der Waals surface area contributed by atoms with Gasteiger partial charge in [-0.25, -0.2) is 4.98 Å². The van der Waals surface area contributed by atoms with Crippen molar-refractivity contribution < 1.29 is 9.90 Å². The first-order valence-electron chi connectivity index (χ1n) is 7.82. The Labute approximate surface area is 135 Å². The van der Waals surface area contributed by atoms with E-state index in [1.807, 2.05) is 18.2 Å². The summed E-state index contributed by atoms with van der Waals surface area (Å²) >= 11 is 0. The van der Waals surface area contributed by atoms with Gasteiger partial charge in [-0.2, -0.15) is 0 Å². The molecule has 23 heavy (non-hydrogen) atoms. The van der Waals surface area contributed by atoms with E-state index in [2.05, 4.69) is 27.3 Å². The molecule has 1 fully saturated rings. The molecule has 1 aromatic heterocycles. The van der Waals surface area contributed by atoms with Crippen LogP contribution in [-0.2, 0) is 13.6 Å². The summed E-state index contributed by atoms with van der Waals surface area (Å²) in [5, 5.41) is 12.6. The average Bonchev–Trinajstić information content (AvgIpc) is 3.14. The van der Waals surface area contributed by atoms with Crippen molar-refractivity contribution in [2.75, 3.05) is 19.7 Å². The molecule has 0 aliphatic carbocycles. The van der Waals surface area contributed by atoms with Crippen LogP contribution in [0.4, 0.5) is 0 Å². The lowest BCUT2D eigenvalue weighted by Gasteiger charge is -2.18. The number of aryl methyl sites for hydroxylation is 1. The molecule has 0 spiro atoms. The molecule has 3 rings (SSSR count). The standard InChI is InChI=1S/C17H22N4O2/c1-20-8-7-18-16(20)17(23)19-15-11-21(10-14(15)12-22)9-13-5-3-2-4-6-13/h2-8,14-15,22H,9-12H2,1H3,(H,19,23)/t14-,15+/m0/s1. The van der Waals surface area contributed by atoms with Crippen molar-refractivity contribution in [3.8, 4) is 0 Å². The summed E-state index contributed by atoms with van der Waals surface area (Å²) in [5.41, 5.74) is 1.24. The van der Waals surface area contributed by atoms with Crippen LogP contribution in [0.25, 0.3) is 0 Å². The Morgan fingerprint density at radius 3 is 2.78 bits per heavy atom. The summed E-state index contributed by atoms with van der Waals surface area (Å²) in [5.74, 6) is 0.244. The average molecular weight is 314 g/mol. The van der Waals surface area contributed by atoms with E-state index in [9.17, 15) is 9.90 Å². The number of nitrogens with one attached hydrogen (secondary N) is 1. The molecule has 0 radical (unpaired) electrons. The van der Waals surface area contributed by atoms with E-state index < -0.39 is 0 Å². The Hall–Kier alpha value is -2.18. The Morgan fingerprint density at radius 2 is 2.13 bits per heavy atom. The predicted octanol–water partition coefficient (Wildman–Crippen LogP) is 0.643. The van der Waals surface area contributed by atoms with E-state index in [-0.39, 0.29) is 24.5 Å². The molecule has 1 amide bonds. The lowest BCUT2D eigenvalue weighted by atomic mass is 10.1. The number of aliphatic hydroxyl groups excluding tert-OH is 1. The number of aromatic nitrogens is 2. The first kappa shape index (κ1) is 15.7. The minimum atomic E-state index is -0.192. The van der Waals surface area contributed by atoms with E-state index in [1.165, 1.54) is 5.56 Å². The van der Waals surface area contributed by atoms with Crippen LogP contribution in [0, 0.1) is 5.92 Å². The molecule has 6 heteroatoms. The molecule has 1 aromatic carbocycles. The first-order valence-corrected chi connectivity index (χ1v) is 7.82. The number of benzene rings is 1. The van der Waals surface area contributed by atoms with Gasteiger partial charge in [-0.3, -0.25) is 9.69 Å². The number of aliphatic hydroxyl groups is 1. The second-order valence-corrected chi connectivity index (χ2v) is 6.06. The van der Waals surface area contributed by atoms with Crippen molar-refractivity contribution >= 4 is 5.91 Å². The van der Waals surface area contributed by atoms with Gasteiger partial charge in [-0.1, -0.05) is 30.3 Å². The minimum Gasteiger partial charge on any atom is -0.396 e. The number of carbonyl (C=O) groups is 1. The second-order valence-electron chi connectivity index (χ2n) is 6.06. The number of nitrogens with zero attached hydrogens (tertiary/aromatic N) is 3. The largest absolute Gasteiger partial charge is 0.396 e. The van der Waals surface area contributed by atoms with E-state index in [4.69, 9.17) is 0 Å². The molecule has 0 bridgehead atoms. The molecular formula is C17H22N4O2. The molecule has 2 N–H and O–H groups in total. The highest BCUT2D eigenvalue weighted by molar-refractivity contribution is 5.91. The number of imidazole rings is 1. The molecule has 1 aliphatic rings. The van der Waals surface area contributed by atoms with Crippen LogP contribution in [0.1, 0.15) is 16.2 Å². The third kappa shape index (κ3) is 3.60. The van der Waals surface area contributed by atoms with E-state index in [1.54, 1.807) is 24.0 Å². The maximum atomic E-state index is 12.3. The fourth-order valence-electron chi connectivity index (χ4n) is 3.10. The normalized spacial score (nSPS) is 21.5. The second kappa shape index (κ2) is 6.93. The zero-order chi connectivity index (χ0) is 16.2. The third-order valence-electron chi connectivity index (χ3n) is 4.34. The highest BCUT2D eigenvalue weighted by atomic mass is 16.3. The summed E-state index contributed by atoms with van der Waals surface area (Å²) in [7, 11) is 1.79. The third-order valence-corrected chi connectivity index (χ3v) is 4.34. The summed E-state index contributed by atoms with van der Waals surface area (Å²) in [6, 6.07) is 10.2. The van der Waals surface area contributed by atoms with Crippen molar-refractivity contribution in [2.45, 2.75) is 12.6 Å². The fraction of sp³-hybridized carbons (Fsp3) is 0.412. The zero-order valence-electron chi connectivity index (χ0n) is 13.2. The Kier molecular flexibility index (Phi) is 4.73. The minimum absolute atomic E-state index is 0.0444. The number of hydrogen-bond donors (Lipinski definition) is 2. The predicted molar refractivity (Wildman–Crippen MR) is 86.8 cm³/mol. The van der Waals surface area contributed by atoms with Gasteiger partial charge in [0.25, 0.3) is 5.91 Å². The molecule has 2 aromatic rings. The van der Waals surface area contributed by atoms with Gasteiger partial charge in [-0.15, -0.1) is 0 Å². The number of hydrogen-bond acceptors (Lipinski definition) is 4. The summed E-state index contributed by atoms with van der Waals surface area (Å²) in [4.78, 5) is 18.6. The van der Waals surface area contributed by atoms with Gasteiger partial charge in [0.1, 0.15) is 0 Å². The van der Waals surface area contributed by atoms with E-state index >= 15 is 0 Å². The lowest BCUT2D eigenvalue weighted by molar-refractivity contribution is 0.0907. The number of rotatable bonds is 5. The fourth-order valence-corrected chi connectivity index (χ4v) is 3.10. The molecule has 122 valence electrons. The maximum Gasteiger partial charge on any atom is 0.287 e. The number of likely N-dealkylation sites (tertiary alicyclic amines) is 1. The van der Waals surface area contributed by atoms with Crippen LogP contribution in [0.15, 0.2) is 42.7 Å². The van der Waals surface area contributed by atoms with Crippen LogP contribution in [-0.4, -0.2) is 51.2 Å². The Balaban J connectivity index is 1.63. The maximum absolute atomic E-state index is 12.3. The summed E-state index contributed by atoms with van der Waals surface area (Å²) < 4.78 is 1.69. The van der Waals surface area contributed by atoms with Gasteiger partial charge in [0.2, 0.25) is 0 Å². The summed E-state index contributed by atoms with van der Waals surface area (Å²) in [6.07, 6.45) is 3.35. The Morgan fingerprint density at radius 1 is 1.35 bits per heavy atom. The van der Waals surface area contributed by atoms with Gasteiger partial charge < -0.3 is 15.0 Å². The van der Waals surface area contributed by atoms with Crippen molar-refractivity contribution in [1.82, 2.24) is 19.8 Å². The monoisotopic (exact) mass is 314 g/mol. The first-order chi connectivity index (χ1) is 11.2. The smallest absolute Gasteiger partial charge is 0.287 e. The van der Waals surface area contributed by atoms with Crippen molar-refractivity contribution in [3.05, 3.63) is 54.1 Å². The van der Waals surface area contributed by atoms with Gasteiger partial charge in [0.05, 0.1) is 0 Å². The molecule has 2 atom stereocenters. The zero-order valence-corrected chi connectivity index (χ0v) is 13.2. The summed E-state index contributed by atoms with van der Waals surface area (Å²) in [6.45, 7) is 2.40. The van der Waals surface area contributed by atoms with Crippen LogP contribution in [0.2, 0.25) is 0 Å². The van der Waals surface area contributed by atoms with Crippen molar-refractivity contribution in [2.24, 2.45) is 13.0 Å². The van der Waals surface area contributed by atoms with Crippen LogP contribution >= 0.6 is 0 Å².